The summed E-state index contributed by atoms with van der Waals surface area (Å²) in [6, 6.07) is 14.9. The Morgan fingerprint density at radius 3 is 2.26 bits per heavy atom. The fourth-order valence-electron chi connectivity index (χ4n) is 4.02. The van der Waals surface area contributed by atoms with Crippen LogP contribution < -0.4 is 19.5 Å². The van der Waals surface area contributed by atoms with Crippen molar-refractivity contribution in [2.24, 2.45) is 5.92 Å². The van der Waals surface area contributed by atoms with E-state index in [-0.39, 0.29) is 17.9 Å². The molecule has 1 amide bonds. The van der Waals surface area contributed by atoms with Gasteiger partial charge in [0.05, 0.1) is 26.8 Å². The summed E-state index contributed by atoms with van der Waals surface area (Å²) in [7, 11) is 3.26. The lowest BCUT2D eigenvalue weighted by atomic mass is 9.95. The molecule has 9 nitrogen and oxygen atoms in total. The zero-order valence-corrected chi connectivity index (χ0v) is 20.4. The number of carbonyl (C=O) groups is 1. The Kier molecular flexibility index (Phi) is 8.20. The van der Waals surface area contributed by atoms with Crippen LogP contribution in [0.25, 0.3) is 11.4 Å². The van der Waals surface area contributed by atoms with Gasteiger partial charge in [-0.15, -0.1) is 0 Å². The average Bonchev–Trinajstić information content (AvgIpc) is 3.36. The first-order valence-electron chi connectivity index (χ1n) is 11.8. The molecule has 1 aromatic heterocycles. The number of ether oxygens (including phenoxy) is 3. The van der Waals surface area contributed by atoms with E-state index in [1.165, 1.54) is 0 Å². The fraction of sp³-hybridized carbons (Fsp3) is 0.423. The Balaban J connectivity index is 1.19. The van der Waals surface area contributed by atoms with E-state index in [4.69, 9.17) is 18.7 Å². The highest BCUT2D eigenvalue weighted by Crippen LogP contribution is 2.22. The molecule has 0 radical (unpaired) electrons. The SMILES string of the molecule is COc1ccc(OCC(C)NC(=O)C2CCN(Cc3nc(-c4ccc(OC)cc4)no3)CC2)cc1. The van der Waals surface area contributed by atoms with Crippen molar-refractivity contribution in [3.8, 4) is 28.6 Å². The summed E-state index contributed by atoms with van der Waals surface area (Å²) >= 11 is 0. The van der Waals surface area contributed by atoms with Gasteiger partial charge < -0.3 is 24.1 Å². The Bertz CT molecular complexity index is 1080. The quantitative estimate of drug-likeness (QED) is 0.470. The van der Waals surface area contributed by atoms with Gasteiger partial charge in [-0.2, -0.15) is 4.98 Å². The second-order valence-corrected chi connectivity index (χ2v) is 8.69. The summed E-state index contributed by atoms with van der Waals surface area (Å²) in [6.07, 6.45) is 1.58. The minimum atomic E-state index is -0.0857. The van der Waals surface area contributed by atoms with Gasteiger partial charge in [-0.05, 0) is 81.4 Å². The van der Waals surface area contributed by atoms with Crippen molar-refractivity contribution in [3.63, 3.8) is 0 Å². The van der Waals surface area contributed by atoms with Gasteiger partial charge >= 0.3 is 0 Å². The van der Waals surface area contributed by atoms with Crippen LogP contribution in [0.15, 0.2) is 53.1 Å². The normalized spacial score (nSPS) is 15.4. The molecule has 35 heavy (non-hydrogen) atoms. The van der Waals surface area contributed by atoms with Crippen molar-refractivity contribution in [1.29, 1.82) is 0 Å². The van der Waals surface area contributed by atoms with Crippen molar-refractivity contribution in [2.75, 3.05) is 33.9 Å². The topological polar surface area (TPSA) is 99.0 Å². The van der Waals surface area contributed by atoms with Gasteiger partial charge in [0.25, 0.3) is 0 Å². The molecule has 2 heterocycles. The van der Waals surface area contributed by atoms with Gasteiger partial charge in [0.15, 0.2) is 0 Å². The highest BCUT2D eigenvalue weighted by Gasteiger charge is 2.27. The summed E-state index contributed by atoms with van der Waals surface area (Å²) < 4.78 is 21.6. The van der Waals surface area contributed by atoms with Crippen molar-refractivity contribution in [3.05, 3.63) is 54.4 Å². The Morgan fingerprint density at radius 1 is 1.03 bits per heavy atom. The number of carbonyl (C=O) groups excluding carboxylic acids is 1. The zero-order valence-electron chi connectivity index (χ0n) is 20.4. The van der Waals surface area contributed by atoms with E-state index in [0.717, 1.165) is 48.7 Å². The first-order valence-corrected chi connectivity index (χ1v) is 11.8. The van der Waals surface area contributed by atoms with E-state index in [2.05, 4.69) is 20.4 Å². The number of likely N-dealkylation sites (tertiary alicyclic amines) is 1. The molecule has 2 aromatic carbocycles. The summed E-state index contributed by atoms with van der Waals surface area (Å²) in [6.45, 7) is 4.53. The third-order valence-electron chi connectivity index (χ3n) is 6.08. The minimum absolute atomic E-state index is 0.00719. The van der Waals surface area contributed by atoms with Gasteiger partial charge in [0.1, 0.15) is 23.9 Å². The smallest absolute Gasteiger partial charge is 0.241 e. The first kappa shape index (κ1) is 24.5. The predicted molar refractivity (Wildman–Crippen MR) is 130 cm³/mol. The molecule has 0 spiro atoms. The zero-order chi connectivity index (χ0) is 24.6. The number of aromatic nitrogens is 2. The molecule has 1 saturated heterocycles. The van der Waals surface area contributed by atoms with E-state index in [9.17, 15) is 4.79 Å². The Hall–Kier alpha value is -3.59. The summed E-state index contributed by atoms with van der Waals surface area (Å²) in [5.74, 6) is 3.51. The molecular formula is C26H32N4O5. The van der Waals surface area contributed by atoms with E-state index < -0.39 is 0 Å². The maximum atomic E-state index is 12.7. The Morgan fingerprint density at radius 2 is 1.63 bits per heavy atom. The van der Waals surface area contributed by atoms with Gasteiger partial charge in [-0.1, -0.05) is 5.16 Å². The average molecular weight is 481 g/mol. The third kappa shape index (κ3) is 6.73. The number of methoxy groups -OCH3 is 2. The molecule has 4 rings (SSSR count). The molecule has 1 aliphatic heterocycles. The maximum absolute atomic E-state index is 12.7. The molecule has 9 heteroatoms. The molecule has 186 valence electrons. The third-order valence-corrected chi connectivity index (χ3v) is 6.08. The van der Waals surface area contributed by atoms with Crippen LogP contribution >= 0.6 is 0 Å². The van der Waals surface area contributed by atoms with Crippen LogP contribution in [-0.4, -0.2) is 60.9 Å². The van der Waals surface area contributed by atoms with Crippen molar-refractivity contribution in [1.82, 2.24) is 20.4 Å². The standard InChI is InChI=1S/C26H32N4O5/c1-18(17-34-23-10-8-22(33-3)9-11-23)27-26(31)20-12-14-30(15-13-20)16-24-28-25(29-35-24)19-4-6-21(32-2)7-5-19/h4-11,18,20H,12-17H2,1-3H3,(H,27,31). The van der Waals surface area contributed by atoms with Gasteiger partial charge in [0.2, 0.25) is 17.6 Å². The van der Waals surface area contributed by atoms with Gasteiger partial charge in [-0.25, -0.2) is 0 Å². The number of nitrogens with one attached hydrogen (secondary N) is 1. The second kappa shape index (κ2) is 11.7. The van der Waals surface area contributed by atoms with Crippen LogP contribution in [0.5, 0.6) is 17.2 Å². The largest absolute Gasteiger partial charge is 0.497 e. The van der Waals surface area contributed by atoms with Crippen LogP contribution in [0.1, 0.15) is 25.7 Å². The molecule has 0 aliphatic carbocycles. The molecule has 1 atom stereocenters. The number of nitrogens with zero attached hydrogens (tertiary/aromatic N) is 3. The molecule has 1 aliphatic rings. The molecule has 0 bridgehead atoms. The fourth-order valence-corrected chi connectivity index (χ4v) is 4.02. The second-order valence-electron chi connectivity index (χ2n) is 8.69. The molecular weight excluding hydrogens is 448 g/mol. The molecule has 3 aromatic rings. The van der Waals surface area contributed by atoms with E-state index in [1.807, 2.05) is 55.5 Å². The molecule has 1 unspecified atom stereocenters. The van der Waals surface area contributed by atoms with Gasteiger partial charge in [-0.3, -0.25) is 9.69 Å². The van der Waals surface area contributed by atoms with E-state index in [0.29, 0.717) is 24.9 Å². The van der Waals surface area contributed by atoms with E-state index >= 15 is 0 Å². The molecule has 1 N–H and O–H groups in total. The number of hydrogen-bond acceptors (Lipinski definition) is 8. The number of hydrogen-bond donors (Lipinski definition) is 1. The number of benzene rings is 2. The lowest BCUT2D eigenvalue weighted by Crippen LogP contribution is -2.44. The summed E-state index contributed by atoms with van der Waals surface area (Å²) in [4.78, 5) is 19.5. The predicted octanol–water partition coefficient (Wildman–Crippen LogP) is 3.55. The van der Waals surface area contributed by atoms with Crippen molar-refractivity contribution >= 4 is 5.91 Å². The van der Waals surface area contributed by atoms with Crippen molar-refractivity contribution in [2.45, 2.75) is 32.4 Å². The van der Waals surface area contributed by atoms with Crippen LogP contribution in [0.2, 0.25) is 0 Å². The monoisotopic (exact) mass is 480 g/mol. The van der Waals surface area contributed by atoms with Crippen LogP contribution in [0, 0.1) is 5.92 Å². The van der Waals surface area contributed by atoms with Gasteiger partial charge in [0, 0.05) is 11.5 Å². The van der Waals surface area contributed by atoms with Crippen LogP contribution in [0.3, 0.4) is 0 Å². The number of rotatable bonds is 10. The Labute approximate surface area is 205 Å². The lowest BCUT2D eigenvalue weighted by Gasteiger charge is -2.30. The maximum Gasteiger partial charge on any atom is 0.241 e. The number of amides is 1. The summed E-state index contributed by atoms with van der Waals surface area (Å²) in [5, 5.41) is 7.18. The van der Waals surface area contributed by atoms with Crippen molar-refractivity contribution < 1.29 is 23.5 Å². The lowest BCUT2D eigenvalue weighted by molar-refractivity contribution is -0.127. The highest BCUT2D eigenvalue weighted by atomic mass is 16.5. The summed E-state index contributed by atoms with van der Waals surface area (Å²) in [5.41, 5.74) is 0.876. The minimum Gasteiger partial charge on any atom is -0.497 e. The van der Waals surface area contributed by atoms with E-state index in [1.54, 1.807) is 14.2 Å². The number of piperidine rings is 1. The van der Waals surface area contributed by atoms with Crippen LogP contribution in [-0.2, 0) is 11.3 Å². The first-order chi connectivity index (χ1) is 17.0. The molecule has 0 saturated carbocycles. The molecule has 1 fully saturated rings. The highest BCUT2D eigenvalue weighted by molar-refractivity contribution is 5.79. The van der Waals surface area contributed by atoms with Crippen LogP contribution in [0.4, 0.5) is 0 Å².